The first-order valence-corrected chi connectivity index (χ1v) is 8.36. The highest BCUT2D eigenvalue weighted by molar-refractivity contribution is 7.80. The lowest BCUT2D eigenvalue weighted by Gasteiger charge is -2.08. The number of nitrogens with one attached hydrogen (secondary N) is 2. The predicted molar refractivity (Wildman–Crippen MR) is 104 cm³/mol. The van der Waals surface area contributed by atoms with E-state index in [0.717, 1.165) is 16.3 Å². The maximum Gasteiger partial charge on any atom is 0.176 e. The molecule has 0 atom stereocenters. The molecule has 2 N–H and O–H groups in total. The van der Waals surface area contributed by atoms with Crippen LogP contribution in [0.5, 0.6) is 0 Å². The SMILES string of the molecule is S=C(Nc1ccc(Cl)cc1)Nc1ccn(Cc2ccc(Cl)cc2)n1. The minimum absolute atomic E-state index is 0.467. The molecule has 0 aliphatic heterocycles. The third-order valence-corrected chi connectivity index (χ3v) is 3.95. The van der Waals surface area contributed by atoms with E-state index in [0.29, 0.717) is 22.5 Å². The molecule has 24 heavy (non-hydrogen) atoms. The zero-order valence-corrected chi connectivity index (χ0v) is 14.9. The molecule has 1 heterocycles. The summed E-state index contributed by atoms with van der Waals surface area (Å²) in [4.78, 5) is 0. The van der Waals surface area contributed by atoms with E-state index < -0.39 is 0 Å². The van der Waals surface area contributed by atoms with Crippen molar-refractivity contribution in [2.45, 2.75) is 6.54 Å². The van der Waals surface area contributed by atoms with Gasteiger partial charge in [0.2, 0.25) is 0 Å². The monoisotopic (exact) mass is 376 g/mol. The van der Waals surface area contributed by atoms with E-state index in [-0.39, 0.29) is 0 Å². The number of thiocarbonyl (C=S) groups is 1. The standard InChI is InChI=1S/C17H14Cl2N4S/c18-13-3-1-12(2-4-13)11-23-10-9-16(22-23)21-17(24)20-15-7-5-14(19)6-8-15/h1-10H,11H2,(H2,20,21,22,24). The first-order valence-electron chi connectivity index (χ1n) is 7.20. The number of rotatable bonds is 4. The first-order chi connectivity index (χ1) is 11.6. The summed E-state index contributed by atoms with van der Waals surface area (Å²) in [5.41, 5.74) is 1.98. The molecule has 4 nitrogen and oxygen atoms in total. The smallest absolute Gasteiger partial charge is 0.176 e. The Balaban J connectivity index is 1.58. The van der Waals surface area contributed by atoms with Crippen LogP contribution in [0.4, 0.5) is 11.5 Å². The molecule has 1 aromatic heterocycles. The minimum atomic E-state index is 0.467. The molecule has 3 aromatic rings. The van der Waals surface area contributed by atoms with E-state index in [1.165, 1.54) is 0 Å². The number of hydrogen-bond acceptors (Lipinski definition) is 2. The van der Waals surface area contributed by atoms with E-state index in [9.17, 15) is 0 Å². The number of halogens is 2. The molecule has 3 rings (SSSR count). The second-order valence-electron chi connectivity index (χ2n) is 5.11. The Labute approximate surface area is 155 Å². The summed E-state index contributed by atoms with van der Waals surface area (Å²) in [6.45, 7) is 0.663. The van der Waals surface area contributed by atoms with Crippen LogP contribution in [0.2, 0.25) is 10.0 Å². The van der Waals surface area contributed by atoms with E-state index in [1.54, 1.807) is 12.1 Å². The molecular formula is C17H14Cl2N4S. The average molecular weight is 377 g/mol. The van der Waals surface area contributed by atoms with Gasteiger partial charge in [0.1, 0.15) is 0 Å². The Kier molecular flexibility index (Phi) is 5.35. The fourth-order valence-corrected chi connectivity index (χ4v) is 2.58. The highest BCUT2D eigenvalue weighted by Gasteiger charge is 2.03. The summed E-state index contributed by atoms with van der Waals surface area (Å²) >= 11 is 17.0. The molecular weight excluding hydrogens is 363 g/mol. The van der Waals surface area contributed by atoms with Gasteiger partial charge in [0, 0.05) is 28.0 Å². The van der Waals surface area contributed by atoms with Gasteiger partial charge in [0.05, 0.1) is 6.54 Å². The molecule has 122 valence electrons. The second kappa shape index (κ2) is 7.66. The lowest BCUT2D eigenvalue weighted by atomic mass is 10.2. The molecule has 0 radical (unpaired) electrons. The molecule has 2 aromatic carbocycles. The average Bonchev–Trinajstić information content (AvgIpc) is 2.99. The van der Waals surface area contributed by atoms with Crippen LogP contribution in [0.15, 0.2) is 60.8 Å². The molecule has 0 saturated carbocycles. The number of aromatic nitrogens is 2. The normalized spacial score (nSPS) is 10.4. The topological polar surface area (TPSA) is 41.9 Å². The third-order valence-electron chi connectivity index (χ3n) is 3.24. The van der Waals surface area contributed by atoms with Gasteiger partial charge in [-0.1, -0.05) is 35.3 Å². The molecule has 0 bridgehead atoms. The number of benzene rings is 2. The van der Waals surface area contributed by atoms with Crippen LogP contribution < -0.4 is 10.6 Å². The molecule has 0 spiro atoms. The van der Waals surface area contributed by atoms with Crippen LogP contribution >= 0.6 is 35.4 Å². The zero-order valence-electron chi connectivity index (χ0n) is 12.5. The summed E-state index contributed by atoms with van der Waals surface area (Å²) < 4.78 is 1.83. The van der Waals surface area contributed by atoms with Crippen molar-refractivity contribution >= 4 is 52.0 Å². The van der Waals surface area contributed by atoms with Crippen molar-refractivity contribution in [3.05, 3.63) is 76.4 Å². The van der Waals surface area contributed by atoms with E-state index in [4.69, 9.17) is 35.4 Å². The third kappa shape index (κ3) is 4.71. The van der Waals surface area contributed by atoms with Crippen molar-refractivity contribution < 1.29 is 0 Å². The van der Waals surface area contributed by atoms with E-state index in [2.05, 4.69) is 15.7 Å². The van der Waals surface area contributed by atoms with Crippen molar-refractivity contribution in [3.8, 4) is 0 Å². The molecule has 0 fully saturated rings. The van der Waals surface area contributed by atoms with Crippen molar-refractivity contribution in [1.29, 1.82) is 0 Å². The lowest BCUT2D eigenvalue weighted by molar-refractivity contribution is 0.690. The lowest BCUT2D eigenvalue weighted by Crippen LogP contribution is -2.19. The van der Waals surface area contributed by atoms with Gasteiger partial charge in [0.15, 0.2) is 10.9 Å². The van der Waals surface area contributed by atoms with Crippen LogP contribution in [-0.4, -0.2) is 14.9 Å². The van der Waals surface area contributed by atoms with Crippen LogP contribution in [0, 0.1) is 0 Å². The highest BCUT2D eigenvalue weighted by Crippen LogP contribution is 2.14. The predicted octanol–water partition coefficient (Wildman–Crippen LogP) is 5.05. The Morgan fingerprint density at radius 3 is 2.21 bits per heavy atom. The summed E-state index contributed by atoms with van der Waals surface area (Å²) in [7, 11) is 0. The van der Waals surface area contributed by atoms with Gasteiger partial charge in [-0.2, -0.15) is 5.10 Å². The van der Waals surface area contributed by atoms with Crippen LogP contribution in [0.3, 0.4) is 0 Å². The van der Waals surface area contributed by atoms with Crippen molar-refractivity contribution in [1.82, 2.24) is 9.78 Å². The van der Waals surface area contributed by atoms with Crippen molar-refractivity contribution in [2.75, 3.05) is 10.6 Å². The van der Waals surface area contributed by atoms with Crippen molar-refractivity contribution in [3.63, 3.8) is 0 Å². The van der Waals surface area contributed by atoms with E-state index in [1.807, 2.05) is 53.3 Å². The zero-order chi connectivity index (χ0) is 16.9. The van der Waals surface area contributed by atoms with Crippen LogP contribution in [0.1, 0.15) is 5.56 Å². The number of anilines is 2. The molecule has 0 amide bonds. The summed E-state index contributed by atoms with van der Waals surface area (Å²) in [6.07, 6.45) is 1.89. The maximum absolute atomic E-state index is 5.89. The highest BCUT2D eigenvalue weighted by atomic mass is 35.5. The summed E-state index contributed by atoms with van der Waals surface area (Å²) in [5, 5.41) is 12.5. The van der Waals surface area contributed by atoms with Gasteiger partial charge >= 0.3 is 0 Å². The van der Waals surface area contributed by atoms with Gasteiger partial charge in [0.25, 0.3) is 0 Å². The fraction of sp³-hybridized carbons (Fsp3) is 0.0588. The van der Waals surface area contributed by atoms with Crippen LogP contribution in [-0.2, 0) is 6.54 Å². The van der Waals surface area contributed by atoms with Crippen molar-refractivity contribution in [2.24, 2.45) is 0 Å². The Bertz CT molecular complexity index is 829. The summed E-state index contributed by atoms with van der Waals surface area (Å²) in [5.74, 6) is 0.676. The molecule has 0 saturated heterocycles. The Hall–Kier alpha value is -2.08. The Morgan fingerprint density at radius 1 is 0.917 bits per heavy atom. The molecule has 0 unspecified atom stereocenters. The summed E-state index contributed by atoms with van der Waals surface area (Å²) in [6, 6.07) is 16.9. The molecule has 0 aliphatic carbocycles. The fourth-order valence-electron chi connectivity index (χ4n) is 2.11. The van der Waals surface area contributed by atoms with Gasteiger partial charge < -0.3 is 10.6 Å². The van der Waals surface area contributed by atoms with Gasteiger partial charge in [-0.25, -0.2) is 0 Å². The second-order valence-corrected chi connectivity index (χ2v) is 6.39. The number of nitrogens with zero attached hydrogens (tertiary/aromatic N) is 2. The molecule has 0 aliphatic rings. The van der Waals surface area contributed by atoms with Crippen LogP contribution in [0.25, 0.3) is 0 Å². The Morgan fingerprint density at radius 2 is 1.54 bits per heavy atom. The van der Waals surface area contributed by atoms with E-state index >= 15 is 0 Å². The first kappa shape index (κ1) is 16.8. The minimum Gasteiger partial charge on any atom is -0.332 e. The van der Waals surface area contributed by atoms with Gasteiger partial charge in [-0.05, 0) is 54.2 Å². The van der Waals surface area contributed by atoms with Gasteiger partial charge in [-0.15, -0.1) is 0 Å². The molecule has 7 heteroatoms. The van der Waals surface area contributed by atoms with Gasteiger partial charge in [-0.3, -0.25) is 4.68 Å². The largest absolute Gasteiger partial charge is 0.332 e. The quantitative estimate of drug-likeness (QED) is 0.625. The maximum atomic E-state index is 5.89. The number of hydrogen-bond donors (Lipinski definition) is 2.